The van der Waals surface area contributed by atoms with E-state index in [4.69, 9.17) is 0 Å². The van der Waals surface area contributed by atoms with Gasteiger partial charge in [0.05, 0.1) is 0 Å². The molecule has 0 fully saturated rings. The Labute approximate surface area is 107 Å². The zero-order valence-corrected chi connectivity index (χ0v) is 15.3. The van der Waals surface area contributed by atoms with E-state index in [1.165, 1.54) is 0 Å². The van der Waals surface area contributed by atoms with Crippen molar-refractivity contribution in [3.63, 3.8) is 0 Å². The summed E-state index contributed by atoms with van der Waals surface area (Å²) >= 11 is 0. The zero-order valence-electron chi connectivity index (χ0n) is 12.7. The Hall–Kier alpha value is 1.16. The molecule has 0 saturated carbocycles. The molecule has 0 saturated heterocycles. The van der Waals surface area contributed by atoms with Crippen LogP contribution in [0.3, 0.4) is 0 Å². The highest BCUT2D eigenvalue weighted by Gasteiger charge is 2.25. The molecule has 98 valence electrons. The molecule has 0 spiro atoms. The first-order chi connectivity index (χ1) is 7.12. The summed E-state index contributed by atoms with van der Waals surface area (Å²) in [4.78, 5) is 0. The number of rotatable bonds is 5. The summed E-state index contributed by atoms with van der Waals surface area (Å²) in [5, 5.41) is 0. The smallest absolute Gasteiger partial charge is 0.0187 e. The van der Waals surface area contributed by atoms with E-state index in [-0.39, 0.29) is 7.61 Å². The van der Waals surface area contributed by atoms with E-state index in [2.05, 4.69) is 62.1 Å². The van der Waals surface area contributed by atoms with Gasteiger partial charge in [-0.2, -0.15) is 0 Å². The quantitative estimate of drug-likeness (QED) is 0.502. The first-order valence-electron chi connectivity index (χ1n) is 6.50. The Bertz CT molecular complexity index is 232. The van der Waals surface area contributed by atoms with E-state index in [1.807, 2.05) is 7.56 Å². The van der Waals surface area contributed by atoms with Crippen molar-refractivity contribution in [2.75, 3.05) is 6.66 Å². The normalized spacial score (nSPS) is 14.1. The van der Waals surface area contributed by atoms with E-state index >= 15 is 0 Å². The molecule has 0 heterocycles. The molecule has 0 aromatic heterocycles. The van der Waals surface area contributed by atoms with E-state index in [0.717, 1.165) is 22.6 Å². The van der Waals surface area contributed by atoms with Crippen LogP contribution in [-0.4, -0.2) is 29.3 Å². The monoisotopic (exact) mass is 280 g/mol. The van der Waals surface area contributed by atoms with Gasteiger partial charge in [-0.3, -0.25) is 0 Å². The molecule has 0 atom stereocenters. The average Bonchev–Trinajstić information content (AvgIpc) is 2.11. The molecule has 3 heteroatoms. The van der Waals surface area contributed by atoms with Crippen molar-refractivity contribution < 1.29 is 0 Å². The molecule has 0 bridgehead atoms. The zero-order chi connectivity index (χ0) is 13.1. The van der Waals surface area contributed by atoms with Crippen LogP contribution in [-0.2, 0) is 0 Å². The molecule has 0 radical (unpaired) electrons. The van der Waals surface area contributed by atoms with Gasteiger partial charge in [-0.15, -0.1) is 0 Å². The van der Waals surface area contributed by atoms with Gasteiger partial charge in [0, 0.05) is 0 Å². The lowest BCUT2D eigenvalue weighted by atomic mass is 10.5. The van der Waals surface area contributed by atoms with Crippen LogP contribution in [0.2, 0.25) is 0 Å². The van der Waals surface area contributed by atoms with Gasteiger partial charge in [0.1, 0.15) is 0 Å². The van der Waals surface area contributed by atoms with Gasteiger partial charge in [0.2, 0.25) is 0 Å². The Morgan fingerprint density at radius 1 is 0.750 bits per heavy atom. The SMILES string of the molecule is CC(C)P(P=P(C)(C(C)C)C(C)C)C(C)C. The Kier molecular flexibility index (Phi) is 7.43. The third-order valence-corrected chi connectivity index (χ3v) is 23.0. The van der Waals surface area contributed by atoms with Crippen molar-refractivity contribution in [3.05, 3.63) is 0 Å². The van der Waals surface area contributed by atoms with Gasteiger partial charge in [0.15, 0.2) is 0 Å². The molecule has 0 N–H and O–H groups in total. The molecule has 0 aliphatic heterocycles. The molecule has 0 unspecified atom stereocenters. The lowest BCUT2D eigenvalue weighted by Crippen LogP contribution is -2.06. The highest BCUT2D eigenvalue weighted by molar-refractivity contribution is 8.39. The third kappa shape index (κ3) is 4.44. The second-order valence-corrected chi connectivity index (χ2v) is 19.3. The summed E-state index contributed by atoms with van der Waals surface area (Å²) in [5.74, 6) is 0. The molecule has 0 nitrogen and oxygen atoms in total. The second kappa shape index (κ2) is 6.92. The van der Waals surface area contributed by atoms with Crippen LogP contribution >= 0.6 is 21.7 Å². The highest BCUT2D eigenvalue weighted by Crippen LogP contribution is 2.74. The Morgan fingerprint density at radius 3 is 1.25 bits per heavy atom. The van der Waals surface area contributed by atoms with Gasteiger partial charge in [-0.25, -0.2) is 0 Å². The first-order valence-corrected chi connectivity index (χ1v) is 12.7. The average molecular weight is 280 g/mol. The summed E-state index contributed by atoms with van der Waals surface area (Å²) in [6.07, 6.45) is 0. The van der Waals surface area contributed by atoms with Crippen LogP contribution in [0.15, 0.2) is 0 Å². The van der Waals surface area contributed by atoms with Crippen molar-refractivity contribution in [2.45, 2.75) is 78.0 Å². The number of hydrogen-bond donors (Lipinski definition) is 0. The van der Waals surface area contributed by atoms with Crippen LogP contribution in [0.25, 0.3) is 0 Å². The van der Waals surface area contributed by atoms with Gasteiger partial charge in [-0.1, -0.05) is 69.5 Å². The minimum atomic E-state index is -0.776. The van der Waals surface area contributed by atoms with Crippen LogP contribution in [0.4, 0.5) is 0 Å². The molecule has 16 heavy (non-hydrogen) atoms. The fourth-order valence-electron chi connectivity index (χ4n) is 1.83. The minimum Gasteiger partial charge on any atom is -0.0796 e. The van der Waals surface area contributed by atoms with Crippen LogP contribution < -0.4 is 0 Å². The maximum Gasteiger partial charge on any atom is -0.0187 e. The molecular weight excluding hydrogens is 249 g/mol. The summed E-state index contributed by atoms with van der Waals surface area (Å²) in [7, 11) is 2.02. The van der Waals surface area contributed by atoms with E-state index in [9.17, 15) is 0 Å². The predicted molar refractivity (Wildman–Crippen MR) is 87.2 cm³/mol. The van der Waals surface area contributed by atoms with E-state index in [0.29, 0.717) is 0 Å². The lowest BCUT2D eigenvalue weighted by molar-refractivity contribution is 1.01. The fourth-order valence-corrected chi connectivity index (χ4v) is 20.7. The number of hydrogen-bond acceptors (Lipinski definition) is 0. The molecule has 0 aliphatic carbocycles. The predicted octanol–water partition coefficient (Wildman–Crippen LogP) is 6.53. The summed E-state index contributed by atoms with van der Waals surface area (Å²) < 4.78 is 0. The third-order valence-electron chi connectivity index (χ3n) is 3.45. The maximum absolute atomic E-state index is 2.60. The second-order valence-electron chi connectivity index (χ2n) is 5.94. The molecule has 0 aromatic rings. The van der Waals surface area contributed by atoms with Crippen molar-refractivity contribution in [2.24, 2.45) is 0 Å². The summed E-state index contributed by atoms with van der Waals surface area (Å²) in [6, 6.07) is 0. The molecule has 0 amide bonds. The molecule has 0 aromatic carbocycles. The summed E-state index contributed by atoms with van der Waals surface area (Å²) in [5.41, 5.74) is 3.54. The van der Waals surface area contributed by atoms with Crippen molar-refractivity contribution in [1.82, 2.24) is 0 Å². The standard InChI is InChI=1S/C13H31P3/c1-10(2)15(11(3)4)14-16(9,12(5)6)13(7)8/h10-13H,1-9H3. The molecule has 0 aliphatic rings. The Morgan fingerprint density at radius 2 is 1.06 bits per heavy atom. The van der Waals surface area contributed by atoms with Crippen LogP contribution in [0.1, 0.15) is 55.4 Å². The van der Waals surface area contributed by atoms with Crippen LogP contribution in [0.5, 0.6) is 0 Å². The first kappa shape index (κ1) is 17.2. The van der Waals surface area contributed by atoms with E-state index < -0.39 is 6.55 Å². The van der Waals surface area contributed by atoms with Crippen LogP contribution in [0, 0.1) is 0 Å². The highest BCUT2D eigenvalue weighted by atomic mass is 32.3. The van der Waals surface area contributed by atoms with Gasteiger partial charge in [-0.05, 0) is 36.9 Å². The van der Waals surface area contributed by atoms with Crippen molar-refractivity contribution >= 4 is 21.7 Å². The topological polar surface area (TPSA) is 0 Å². The van der Waals surface area contributed by atoms with Gasteiger partial charge < -0.3 is 0 Å². The maximum atomic E-state index is 2.60. The van der Waals surface area contributed by atoms with Crippen molar-refractivity contribution in [1.29, 1.82) is 0 Å². The van der Waals surface area contributed by atoms with Gasteiger partial charge in [0.25, 0.3) is 0 Å². The summed E-state index contributed by atoms with van der Waals surface area (Å²) in [6.45, 7) is 21.3. The fraction of sp³-hybridized carbons (Fsp3) is 1.00. The minimum absolute atomic E-state index is 0.190. The molecule has 0 rings (SSSR count). The molecular formula is C13H31P3. The Balaban J connectivity index is 5.33. The van der Waals surface area contributed by atoms with Gasteiger partial charge >= 0.3 is 0 Å². The van der Waals surface area contributed by atoms with E-state index in [1.54, 1.807) is 0 Å². The largest absolute Gasteiger partial charge is 0.0796 e. The lowest BCUT2D eigenvalue weighted by Gasteiger charge is -2.34. The van der Waals surface area contributed by atoms with Crippen molar-refractivity contribution in [3.8, 4) is 0 Å².